The van der Waals surface area contributed by atoms with Gasteiger partial charge in [-0.2, -0.15) is 0 Å². The Morgan fingerprint density at radius 1 is 1.06 bits per heavy atom. The minimum Gasteiger partial charge on any atom is -0.486 e. The molecule has 2 aromatic carbocycles. The molecule has 1 aliphatic heterocycles. The van der Waals surface area contributed by atoms with Gasteiger partial charge in [0.25, 0.3) is 0 Å². The van der Waals surface area contributed by atoms with Gasteiger partial charge in [-0.3, -0.25) is 9.69 Å². The quantitative estimate of drug-likeness (QED) is 0.431. The summed E-state index contributed by atoms with van der Waals surface area (Å²) in [4.78, 5) is 24.5. The van der Waals surface area contributed by atoms with Gasteiger partial charge in [0.05, 0.1) is 29.9 Å². The Balaban J connectivity index is 1.26. The van der Waals surface area contributed by atoms with Crippen LogP contribution in [0.25, 0.3) is 11.0 Å². The van der Waals surface area contributed by atoms with E-state index >= 15 is 0 Å². The molecule has 0 saturated carbocycles. The average Bonchev–Trinajstić information content (AvgIpc) is 3.43. The van der Waals surface area contributed by atoms with Gasteiger partial charge in [0.1, 0.15) is 24.7 Å². The fraction of sp³-hybridized carbons (Fsp3) is 0.292. The molecule has 1 N–H and O–H groups in total. The smallest absolute Gasteiger partial charge is 0.246 e. The molecule has 0 aliphatic carbocycles. The lowest BCUT2D eigenvalue weighted by molar-refractivity contribution is -0.116. The molecule has 1 aliphatic rings. The second-order valence-electron chi connectivity index (χ2n) is 7.79. The van der Waals surface area contributed by atoms with E-state index in [1.165, 1.54) is 11.3 Å². The monoisotopic (exact) mass is 463 g/mol. The van der Waals surface area contributed by atoms with E-state index in [4.69, 9.17) is 9.47 Å². The summed E-state index contributed by atoms with van der Waals surface area (Å²) in [6.07, 6.45) is 0. The van der Waals surface area contributed by atoms with Gasteiger partial charge in [-0.25, -0.2) is 9.97 Å². The Hall–Kier alpha value is -3.27. The number of nitrogens with one attached hydrogen (secondary N) is 1. The summed E-state index contributed by atoms with van der Waals surface area (Å²) in [6.45, 7) is 4.48. The zero-order chi connectivity index (χ0) is 22.5. The third kappa shape index (κ3) is 5.39. The van der Waals surface area contributed by atoms with Crippen LogP contribution in [-0.4, -0.2) is 51.6 Å². The number of ether oxygens (including phenoxy) is 2. The highest BCUT2D eigenvalue weighted by atomic mass is 32.1. The molecular weight excluding hydrogens is 438 g/mol. The van der Waals surface area contributed by atoms with Crippen molar-refractivity contribution in [1.29, 1.82) is 0 Å². The zero-order valence-electron chi connectivity index (χ0n) is 18.1. The number of nitrogens with zero attached hydrogens (tertiary/aromatic N) is 4. The van der Waals surface area contributed by atoms with Crippen molar-refractivity contribution in [3.63, 3.8) is 0 Å². The van der Waals surface area contributed by atoms with E-state index < -0.39 is 0 Å². The number of anilines is 1. The lowest BCUT2D eigenvalue weighted by Crippen LogP contribution is -2.35. The van der Waals surface area contributed by atoms with Crippen molar-refractivity contribution in [3.8, 4) is 5.75 Å². The number of para-hydroxylation sites is 3. The third-order valence-electron chi connectivity index (χ3n) is 5.43. The number of thiazole rings is 1. The first-order valence-electron chi connectivity index (χ1n) is 10.9. The van der Waals surface area contributed by atoms with E-state index in [9.17, 15) is 4.79 Å². The standard InChI is InChI=1S/C24H25N5O3S/c30-23(27-24-25-18(17-33-24)14-28-10-12-31-13-11-28)15-29-21-9-5-4-8-20(21)26-22(29)16-32-19-6-2-1-3-7-19/h1-9,17H,10-16H2,(H,25,27,30). The molecule has 0 bridgehead atoms. The Labute approximate surface area is 195 Å². The second kappa shape index (κ2) is 10.1. The van der Waals surface area contributed by atoms with Crippen molar-refractivity contribution < 1.29 is 14.3 Å². The Kier molecular flexibility index (Phi) is 6.61. The molecule has 1 saturated heterocycles. The number of morpholine rings is 1. The Bertz CT molecular complexity index is 1220. The van der Waals surface area contributed by atoms with Crippen LogP contribution in [0, 0.1) is 0 Å². The van der Waals surface area contributed by atoms with Gasteiger partial charge in [-0.15, -0.1) is 11.3 Å². The fourth-order valence-electron chi connectivity index (χ4n) is 3.80. The first-order chi connectivity index (χ1) is 16.2. The molecule has 0 spiro atoms. The van der Waals surface area contributed by atoms with Gasteiger partial charge < -0.3 is 19.4 Å². The molecule has 9 heteroatoms. The van der Waals surface area contributed by atoms with Crippen molar-refractivity contribution in [2.45, 2.75) is 19.7 Å². The minimum absolute atomic E-state index is 0.131. The first kappa shape index (κ1) is 21.6. The number of imidazole rings is 1. The maximum Gasteiger partial charge on any atom is 0.246 e. The normalized spacial score (nSPS) is 14.4. The van der Waals surface area contributed by atoms with Gasteiger partial charge in [-0.1, -0.05) is 30.3 Å². The SMILES string of the molecule is O=C(Cn1c(COc2ccccc2)nc2ccccc21)Nc1nc(CN2CCOCC2)cs1. The topological polar surface area (TPSA) is 81.5 Å². The van der Waals surface area contributed by atoms with E-state index in [1.54, 1.807) is 0 Å². The van der Waals surface area contributed by atoms with Gasteiger partial charge in [-0.05, 0) is 24.3 Å². The van der Waals surface area contributed by atoms with Crippen LogP contribution >= 0.6 is 11.3 Å². The Morgan fingerprint density at radius 3 is 2.70 bits per heavy atom. The number of carbonyl (C=O) groups is 1. The van der Waals surface area contributed by atoms with Crippen molar-refractivity contribution >= 4 is 33.4 Å². The number of benzene rings is 2. The van der Waals surface area contributed by atoms with Crippen LogP contribution in [0.5, 0.6) is 5.75 Å². The van der Waals surface area contributed by atoms with Crippen LogP contribution in [0.1, 0.15) is 11.5 Å². The van der Waals surface area contributed by atoms with Gasteiger partial charge >= 0.3 is 0 Å². The van der Waals surface area contributed by atoms with E-state index in [0.717, 1.165) is 55.3 Å². The molecule has 1 amide bonds. The number of carbonyl (C=O) groups excluding carboxylic acids is 1. The highest BCUT2D eigenvalue weighted by Gasteiger charge is 2.16. The summed E-state index contributed by atoms with van der Waals surface area (Å²) < 4.78 is 13.2. The van der Waals surface area contributed by atoms with Crippen LogP contribution in [-0.2, 0) is 29.2 Å². The molecule has 1 fully saturated rings. The number of amides is 1. The molecule has 4 aromatic rings. The van der Waals surface area contributed by atoms with Crippen molar-refractivity contribution in [1.82, 2.24) is 19.4 Å². The molecule has 3 heterocycles. The average molecular weight is 464 g/mol. The van der Waals surface area contributed by atoms with Crippen LogP contribution in [0.4, 0.5) is 5.13 Å². The lowest BCUT2D eigenvalue weighted by atomic mass is 10.3. The van der Waals surface area contributed by atoms with E-state index in [0.29, 0.717) is 11.0 Å². The summed E-state index contributed by atoms with van der Waals surface area (Å²) in [5.41, 5.74) is 2.69. The summed E-state index contributed by atoms with van der Waals surface area (Å²) in [6, 6.07) is 17.4. The number of hydrogen-bond donors (Lipinski definition) is 1. The Morgan fingerprint density at radius 2 is 1.85 bits per heavy atom. The third-order valence-corrected chi connectivity index (χ3v) is 6.24. The molecule has 5 rings (SSSR count). The minimum atomic E-state index is -0.147. The highest BCUT2D eigenvalue weighted by Crippen LogP contribution is 2.20. The molecule has 0 atom stereocenters. The number of fused-ring (bicyclic) bond motifs is 1. The van der Waals surface area contributed by atoms with Gasteiger partial charge in [0, 0.05) is 25.0 Å². The molecular formula is C24H25N5O3S. The van der Waals surface area contributed by atoms with Crippen LogP contribution in [0.3, 0.4) is 0 Å². The van der Waals surface area contributed by atoms with Crippen molar-refractivity contribution in [2.75, 3.05) is 31.6 Å². The molecule has 33 heavy (non-hydrogen) atoms. The lowest BCUT2D eigenvalue weighted by Gasteiger charge is -2.25. The molecule has 0 radical (unpaired) electrons. The van der Waals surface area contributed by atoms with Crippen molar-refractivity contribution in [3.05, 3.63) is 71.5 Å². The second-order valence-corrected chi connectivity index (χ2v) is 8.64. The zero-order valence-corrected chi connectivity index (χ0v) is 19.0. The summed E-state index contributed by atoms with van der Waals surface area (Å²) in [5, 5.41) is 5.54. The van der Waals surface area contributed by atoms with Crippen LogP contribution in [0.2, 0.25) is 0 Å². The van der Waals surface area contributed by atoms with Gasteiger partial charge in [0.2, 0.25) is 5.91 Å². The van der Waals surface area contributed by atoms with E-state index in [2.05, 4.69) is 20.2 Å². The largest absolute Gasteiger partial charge is 0.486 e. The van der Waals surface area contributed by atoms with E-state index in [-0.39, 0.29) is 19.1 Å². The maximum atomic E-state index is 12.9. The molecule has 2 aromatic heterocycles. The molecule has 8 nitrogen and oxygen atoms in total. The summed E-state index contributed by atoms with van der Waals surface area (Å²) in [7, 11) is 0. The number of hydrogen-bond acceptors (Lipinski definition) is 7. The molecule has 0 unspecified atom stereocenters. The first-order valence-corrected chi connectivity index (χ1v) is 11.8. The fourth-order valence-corrected chi connectivity index (χ4v) is 4.52. The van der Waals surface area contributed by atoms with Crippen molar-refractivity contribution in [2.24, 2.45) is 0 Å². The van der Waals surface area contributed by atoms with E-state index in [1.807, 2.05) is 64.5 Å². The summed E-state index contributed by atoms with van der Waals surface area (Å²) >= 11 is 1.44. The predicted octanol–water partition coefficient (Wildman–Crippen LogP) is 3.54. The maximum absolute atomic E-state index is 12.9. The van der Waals surface area contributed by atoms with Crippen LogP contribution in [0.15, 0.2) is 60.0 Å². The summed E-state index contributed by atoms with van der Waals surface area (Å²) in [5.74, 6) is 1.31. The predicted molar refractivity (Wildman–Crippen MR) is 127 cm³/mol. The number of rotatable bonds is 8. The number of aromatic nitrogens is 3. The van der Waals surface area contributed by atoms with Crippen LogP contribution < -0.4 is 10.1 Å². The molecule has 170 valence electrons. The van der Waals surface area contributed by atoms with Gasteiger partial charge in [0.15, 0.2) is 5.13 Å². The highest BCUT2D eigenvalue weighted by molar-refractivity contribution is 7.13.